The van der Waals surface area contributed by atoms with Crippen LogP contribution >= 0.6 is 0 Å². The minimum atomic E-state index is -3.77. The van der Waals surface area contributed by atoms with Crippen molar-refractivity contribution in [3.8, 4) is 11.8 Å². The lowest BCUT2D eigenvalue weighted by Gasteiger charge is -2.23. The smallest absolute Gasteiger partial charge is 0.246 e. The Labute approximate surface area is 114 Å². The maximum atomic E-state index is 12.5. The van der Waals surface area contributed by atoms with Crippen molar-refractivity contribution in [3.63, 3.8) is 0 Å². The normalized spacial score (nSPS) is 11.7. The van der Waals surface area contributed by atoms with Crippen LogP contribution in [0.4, 0.5) is 0 Å². The average Bonchev–Trinajstić information content (AvgIpc) is 2.34. The molecule has 1 aromatic carbocycles. The number of hydrogen-bond donors (Lipinski definition) is 1. The number of nitrogens with zero attached hydrogens (tertiary/aromatic N) is 2. The summed E-state index contributed by atoms with van der Waals surface area (Å²) in [5.41, 5.74) is 0. The van der Waals surface area contributed by atoms with Crippen LogP contribution < -0.4 is 0 Å². The van der Waals surface area contributed by atoms with E-state index in [0.717, 1.165) is 0 Å². The summed E-state index contributed by atoms with van der Waals surface area (Å²) in [4.78, 5) is -0.117. The van der Waals surface area contributed by atoms with E-state index in [0.29, 0.717) is 6.54 Å². The molecule has 0 amide bonds. The number of benzene rings is 1. The van der Waals surface area contributed by atoms with Crippen LogP contribution in [0, 0.1) is 17.2 Å². The Morgan fingerprint density at radius 1 is 1.37 bits per heavy atom. The average molecular weight is 282 g/mol. The molecule has 0 atom stereocenters. The molecule has 0 fully saturated rings. The molecule has 1 aromatic rings. The summed E-state index contributed by atoms with van der Waals surface area (Å²) >= 11 is 0. The lowest BCUT2D eigenvalue weighted by Crippen LogP contribution is -2.35. The van der Waals surface area contributed by atoms with Gasteiger partial charge in [-0.2, -0.15) is 9.57 Å². The summed E-state index contributed by atoms with van der Waals surface area (Å²) in [7, 11) is -3.77. The first kappa shape index (κ1) is 15.5. The zero-order valence-electron chi connectivity index (χ0n) is 11.1. The van der Waals surface area contributed by atoms with Gasteiger partial charge in [-0.05, 0) is 18.1 Å². The van der Waals surface area contributed by atoms with Crippen molar-refractivity contribution in [2.75, 3.05) is 13.1 Å². The highest BCUT2D eigenvalue weighted by atomic mass is 32.2. The fourth-order valence-corrected chi connectivity index (χ4v) is 3.39. The second kappa shape index (κ2) is 6.55. The second-order valence-electron chi connectivity index (χ2n) is 4.63. The summed E-state index contributed by atoms with van der Waals surface area (Å²) in [6, 6.07) is 7.77. The molecule has 1 rings (SSSR count). The van der Waals surface area contributed by atoms with Crippen LogP contribution in [0.2, 0.25) is 0 Å². The first-order valence-electron chi connectivity index (χ1n) is 6.04. The van der Waals surface area contributed by atoms with Crippen LogP contribution in [-0.2, 0) is 10.0 Å². The first-order valence-corrected chi connectivity index (χ1v) is 7.48. The molecule has 5 nitrogen and oxygen atoms in total. The lowest BCUT2D eigenvalue weighted by molar-refractivity contribution is 0.369. The van der Waals surface area contributed by atoms with Gasteiger partial charge in [0.2, 0.25) is 10.0 Å². The molecule has 0 unspecified atom stereocenters. The topological polar surface area (TPSA) is 81.4 Å². The van der Waals surface area contributed by atoms with Gasteiger partial charge in [-0.25, -0.2) is 8.42 Å². The zero-order valence-corrected chi connectivity index (χ0v) is 11.9. The van der Waals surface area contributed by atoms with Gasteiger partial charge in [0.1, 0.15) is 10.6 Å². The maximum absolute atomic E-state index is 12.5. The van der Waals surface area contributed by atoms with E-state index >= 15 is 0 Å². The molecule has 104 valence electrons. The minimum Gasteiger partial charge on any atom is -0.507 e. The SMILES string of the molecule is CC(C)CN(CCC#N)S(=O)(=O)c1ccccc1O. The van der Waals surface area contributed by atoms with Crippen LogP contribution in [0.1, 0.15) is 20.3 Å². The van der Waals surface area contributed by atoms with Crippen LogP contribution in [0.25, 0.3) is 0 Å². The molecular weight excluding hydrogens is 264 g/mol. The molecule has 6 heteroatoms. The fourth-order valence-electron chi connectivity index (χ4n) is 1.71. The lowest BCUT2D eigenvalue weighted by atomic mass is 10.2. The quantitative estimate of drug-likeness (QED) is 0.864. The second-order valence-corrected chi connectivity index (χ2v) is 6.54. The van der Waals surface area contributed by atoms with Gasteiger partial charge in [0.25, 0.3) is 0 Å². The van der Waals surface area contributed by atoms with Crippen LogP contribution in [0.3, 0.4) is 0 Å². The molecular formula is C13H18N2O3S. The Balaban J connectivity index is 3.12. The van der Waals surface area contributed by atoms with Crippen LogP contribution in [0.5, 0.6) is 5.75 Å². The summed E-state index contributed by atoms with van der Waals surface area (Å²) in [5, 5.41) is 18.3. The van der Waals surface area contributed by atoms with Crippen molar-refractivity contribution in [2.24, 2.45) is 5.92 Å². The van der Waals surface area contributed by atoms with E-state index in [1.165, 1.54) is 16.4 Å². The highest BCUT2D eigenvalue weighted by Crippen LogP contribution is 2.25. The van der Waals surface area contributed by atoms with E-state index in [-0.39, 0.29) is 29.5 Å². The summed E-state index contributed by atoms with van der Waals surface area (Å²) in [6.07, 6.45) is 0.125. The summed E-state index contributed by atoms with van der Waals surface area (Å²) < 4.78 is 26.1. The van der Waals surface area contributed by atoms with Gasteiger partial charge in [0.05, 0.1) is 6.07 Å². The van der Waals surface area contributed by atoms with Gasteiger partial charge in [-0.3, -0.25) is 0 Å². The summed E-state index contributed by atoms with van der Waals surface area (Å²) in [6.45, 7) is 4.25. The highest BCUT2D eigenvalue weighted by molar-refractivity contribution is 7.89. The molecule has 0 radical (unpaired) electrons. The Morgan fingerprint density at radius 3 is 2.53 bits per heavy atom. The predicted molar refractivity (Wildman–Crippen MR) is 71.9 cm³/mol. The minimum absolute atomic E-state index is 0.117. The van der Waals surface area contributed by atoms with Crippen molar-refractivity contribution in [1.82, 2.24) is 4.31 Å². The monoisotopic (exact) mass is 282 g/mol. The van der Waals surface area contributed by atoms with Crippen molar-refractivity contribution in [1.29, 1.82) is 5.26 Å². The van der Waals surface area contributed by atoms with E-state index in [1.54, 1.807) is 12.1 Å². The third-order valence-corrected chi connectivity index (χ3v) is 4.44. The van der Waals surface area contributed by atoms with Gasteiger partial charge >= 0.3 is 0 Å². The molecule has 0 spiro atoms. The Morgan fingerprint density at radius 2 is 2.00 bits per heavy atom. The number of hydrogen-bond acceptors (Lipinski definition) is 4. The van der Waals surface area contributed by atoms with Crippen molar-refractivity contribution in [2.45, 2.75) is 25.2 Å². The zero-order chi connectivity index (χ0) is 14.5. The van der Waals surface area contributed by atoms with E-state index in [4.69, 9.17) is 5.26 Å². The number of para-hydroxylation sites is 1. The molecule has 1 N–H and O–H groups in total. The standard InChI is InChI=1S/C13H18N2O3S/c1-11(2)10-15(9-5-8-14)19(17,18)13-7-4-3-6-12(13)16/h3-4,6-7,11,16H,5,9-10H2,1-2H3. The number of rotatable bonds is 6. The van der Waals surface area contributed by atoms with Crippen molar-refractivity contribution in [3.05, 3.63) is 24.3 Å². The molecule has 19 heavy (non-hydrogen) atoms. The van der Waals surface area contributed by atoms with Gasteiger partial charge in [0.15, 0.2) is 0 Å². The van der Waals surface area contributed by atoms with Crippen LogP contribution in [0.15, 0.2) is 29.2 Å². The number of phenolic OH excluding ortho intramolecular Hbond substituents is 1. The Kier molecular flexibility index (Phi) is 5.33. The van der Waals surface area contributed by atoms with Gasteiger partial charge in [-0.15, -0.1) is 0 Å². The van der Waals surface area contributed by atoms with E-state index in [2.05, 4.69) is 0 Å². The highest BCUT2D eigenvalue weighted by Gasteiger charge is 2.27. The van der Waals surface area contributed by atoms with Gasteiger partial charge in [0, 0.05) is 19.5 Å². The van der Waals surface area contributed by atoms with E-state index in [1.807, 2.05) is 19.9 Å². The molecule has 0 saturated carbocycles. The van der Waals surface area contributed by atoms with E-state index in [9.17, 15) is 13.5 Å². The van der Waals surface area contributed by atoms with Gasteiger partial charge < -0.3 is 5.11 Å². The first-order chi connectivity index (χ1) is 8.89. The Hall–Kier alpha value is -1.58. The van der Waals surface area contributed by atoms with Crippen molar-refractivity contribution < 1.29 is 13.5 Å². The molecule has 0 saturated heterocycles. The summed E-state index contributed by atoms with van der Waals surface area (Å²) in [5.74, 6) is -0.132. The largest absolute Gasteiger partial charge is 0.507 e. The van der Waals surface area contributed by atoms with Crippen molar-refractivity contribution >= 4 is 10.0 Å². The molecule has 0 bridgehead atoms. The van der Waals surface area contributed by atoms with Gasteiger partial charge in [-0.1, -0.05) is 26.0 Å². The molecule has 0 aliphatic carbocycles. The number of nitriles is 1. The number of sulfonamides is 1. The predicted octanol–water partition coefficient (Wildman–Crippen LogP) is 1.95. The molecule has 0 aromatic heterocycles. The third-order valence-electron chi connectivity index (χ3n) is 2.52. The number of phenols is 1. The Bertz CT molecular complexity index is 561. The maximum Gasteiger partial charge on any atom is 0.246 e. The molecule has 0 aliphatic heterocycles. The number of aromatic hydroxyl groups is 1. The molecule has 0 heterocycles. The fraction of sp³-hybridized carbons (Fsp3) is 0.462. The van der Waals surface area contributed by atoms with E-state index < -0.39 is 10.0 Å². The molecule has 0 aliphatic rings. The van der Waals surface area contributed by atoms with Crippen LogP contribution in [-0.4, -0.2) is 30.9 Å². The third kappa shape index (κ3) is 3.94.